The summed E-state index contributed by atoms with van der Waals surface area (Å²) in [4.78, 5) is 28.4. The molecule has 2 amide bonds. The fraction of sp³-hybridized carbons (Fsp3) is 0.310. The number of anilines is 1. The summed E-state index contributed by atoms with van der Waals surface area (Å²) in [6.07, 6.45) is 0.723. The summed E-state index contributed by atoms with van der Waals surface area (Å²) in [6.45, 7) is 6.82. The number of nitrogens with zero attached hydrogens (tertiary/aromatic N) is 2. The number of sulfonamides is 1. The van der Waals surface area contributed by atoms with E-state index in [-0.39, 0.29) is 39.1 Å². The molecular weight excluding hydrogens is 557 g/mol. The molecule has 0 aliphatic rings. The van der Waals surface area contributed by atoms with E-state index in [4.69, 9.17) is 23.2 Å². The van der Waals surface area contributed by atoms with Gasteiger partial charge in [0.15, 0.2) is 0 Å². The highest BCUT2D eigenvalue weighted by molar-refractivity contribution is 7.92. The third-order valence-electron chi connectivity index (χ3n) is 6.45. The van der Waals surface area contributed by atoms with E-state index in [0.29, 0.717) is 0 Å². The van der Waals surface area contributed by atoms with Crippen LogP contribution >= 0.6 is 23.2 Å². The number of aryl methyl sites for hydroxylation is 1. The maximum absolute atomic E-state index is 13.9. The molecule has 0 heterocycles. The molecule has 0 radical (unpaired) electrons. The molecular formula is C29H33Cl2N3O4S. The molecule has 0 aliphatic carbocycles. The first kappa shape index (κ1) is 30.5. The molecule has 0 spiro atoms. The Morgan fingerprint density at radius 3 is 2.18 bits per heavy atom. The molecule has 2 atom stereocenters. The van der Waals surface area contributed by atoms with Crippen LogP contribution in [0.25, 0.3) is 0 Å². The van der Waals surface area contributed by atoms with Crippen LogP contribution in [-0.4, -0.2) is 43.8 Å². The zero-order valence-electron chi connectivity index (χ0n) is 22.4. The lowest BCUT2D eigenvalue weighted by molar-refractivity contribution is -0.139. The third-order valence-corrected chi connectivity index (χ3v) is 9.03. The van der Waals surface area contributed by atoms with Crippen molar-refractivity contribution in [1.82, 2.24) is 10.2 Å². The highest BCUT2D eigenvalue weighted by Gasteiger charge is 2.33. The number of halogens is 2. The standard InChI is InChI=1S/C29H33Cl2N3O4S/c1-5-21(3)32-29(36)22(4)33(18-23-10-7-6-8-11-23)27(35)19-34(26-13-9-12-25(30)28(26)31)39(37,38)24-16-14-20(2)15-17-24/h6-17,21-22H,5,18-19H2,1-4H3,(H,32,36)/t21-,22+/m0/s1. The third kappa shape index (κ3) is 7.53. The van der Waals surface area contributed by atoms with Gasteiger partial charge in [-0.2, -0.15) is 0 Å². The van der Waals surface area contributed by atoms with Gasteiger partial charge in [-0.3, -0.25) is 13.9 Å². The quantitative estimate of drug-likeness (QED) is 0.305. The summed E-state index contributed by atoms with van der Waals surface area (Å²) < 4.78 is 28.7. The Balaban J connectivity index is 2.05. The average molecular weight is 591 g/mol. The number of carbonyl (C=O) groups excluding carboxylic acids is 2. The molecule has 1 N–H and O–H groups in total. The van der Waals surface area contributed by atoms with E-state index in [1.165, 1.54) is 29.2 Å². The number of hydrogen-bond acceptors (Lipinski definition) is 4. The first-order valence-electron chi connectivity index (χ1n) is 12.6. The Morgan fingerprint density at radius 1 is 0.923 bits per heavy atom. The van der Waals surface area contributed by atoms with Crippen molar-refractivity contribution in [2.75, 3.05) is 10.8 Å². The highest BCUT2D eigenvalue weighted by atomic mass is 35.5. The molecule has 0 aliphatic heterocycles. The van der Waals surface area contributed by atoms with Crippen molar-refractivity contribution in [3.63, 3.8) is 0 Å². The van der Waals surface area contributed by atoms with Gasteiger partial charge in [-0.05, 0) is 57.0 Å². The van der Waals surface area contributed by atoms with Crippen LogP contribution in [0.1, 0.15) is 38.3 Å². The second-order valence-corrected chi connectivity index (χ2v) is 12.0. The van der Waals surface area contributed by atoms with Gasteiger partial charge in [0.25, 0.3) is 10.0 Å². The van der Waals surface area contributed by atoms with Crippen LogP contribution in [0, 0.1) is 6.92 Å². The van der Waals surface area contributed by atoms with E-state index in [2.05, 4.69) is 5.32 Å². The number of amides is 2. The lowest BCUT2D eigenvalue weighted by Gasteiger charge is -2.32. The summed E-state index contributed by atoms with van der Waals surface area (Å²) in [7, 11) is -4.24. The number of hydrogen-bond donors (Lipinski definition) is 1. The van der Waals surface area contributed by atoms with Gasteiger partial charge in [0.1, 0.15) is 12.6 Å². The number of benzene rings is 3. The monoisotopic (exact) mass is 589 g/mol. The molecule has 0 bridgehead atoms. The van der Waals surface area contributed by atoms with E-state index < -0.39 is 28.5 Å². The summed E-state index contributed by atoms with van der Waals surface area (Å²) in [5, 5.41) is 3.06. The van der Waals surface area contributed by atoms with E-state index in [9.17, 15) is 18.0 Å². The van der Waals surface area contributed by atoms with Crippen LogP contribution in [0.3, 0.4) is 0 Å². The topological polar surface area (TPSA) is 86.8 Å². The molecule has 0 saturated heterocycles. The fourth-order valence-electron chi connectivity index (χ4n) is 3.86. The van der Waals surface area contributed by atoms with Gasteiger partial charge < -0.3 is 10.2 Å². The van der Waals surface area contributed by atoms with E-state index in [0.717, 1.165) is 21.9 Å². The van der Waals surface area contributed by atoms with Gasteiger partial charge in [-0.1, -0.05) is 84.2 Å². The number of carbonyl (C=O) groups is 2. The van der Waals surface area contributed by atoms with Crippen LogP contribution in [0.2, 0.25) is 10.0 Å². The van der Waals surface area contributed by atoms with Crippen LogP contribution in [0.5, 0.6) is 0 Å². The van der Waals surface area contributed by atoms with Gasteiger partial charge in [0, 0.05) is 12.6 Å². The molecule has 39 heavy (non-hydrogen) atoms. The van der Waals surface area contributed by atoms with Crippen LogP contribution in [0.4, 0.5) is 5.69 Å². The molecule has 7 nitrogen and oxygen atoms in total. The van der Waals surface area contributed by atoms with Gasteiger partial charge in [0.05, 0.1) is 20.6 Å². The van der Waals surface area contributed by atoms with Gasteiger partial charge in [0.2, 0.25) is 11.8 Å². The smallest absolute Gasteiger partial charge is 0.264 e. The summed E-state index contributed by atoms with van der Waals surface area (Å²) >= 11 is 12.7. The molecule has 0 fully saturated rings. The summed E-state index contributed by atoms with van der Waals surface area (Å²) in [5.41, 5.74) is 1.74. The lowest BCUT2D eigenvalue weighted by atomic mass is 10.1. The minimum Gasteiger partial charge on any atom is -0.352 e. The van der Waals surface area contributed by atoms with E-state index in [1.54, 1.807) is 25.1 Å². The maximum Gasteiger partial charge on any atom is 0.264 e. The molecule has 208 valence electrons. The summed E-state index contributed by atoms with van der Waals surface area (Å²) in [5.74, 6) is -0.903. The average Bonchev–Trinajstić information content (AvgIpc) is 2.92. The summed E-state index contributed by atoms with van der Waals surface area (Å²) in [6, 6.07) is 19.2. The lowest BCUT2D eigenvalue weighted by Crippen LogP contribution is -2.52. The van der Waals surface area contributed by atoms with Crippen LogP contribution in [-0.2, 0) is 26.2 Å². The normalized spacial score (nSPS) is 12.9. The Kier molecular flexibility index (Phi) is 10.4. The molecule has 0 unspecified atom stereocenters. The molecule has 3 aromatic rings. The second-order valence-electron chi connectivity index (χ2n) is 9.40. The minimum atomic E-state index is -4.24. The van der Waals surface area contributed by atoms with Crippen molar-refractivity contribution in [3.05, 3.63) is 94.0 Å². The minimum absolute atomic E-state index is 0.000162. The Morgan fingerprint density at radius 2 is 1.56 bits per heavy atom. The Bertz CT molecular complexity index is 1400. The molecule has 3 rings (SSSR count). The van der Waals surface area contributed by atoms with Crippen molar-refractivity contribution in [2.45, 2.75) is 57.6 Å². The van der Waals surface area contributed by atoms with Crippen molar-refractivity contribution < 1.29 is 18.0 Å². The Labute approximate surface area is 240 Å². The SMILES string of the molecule is CC[C@H](C)NC(=O)[C@@H](C)N(Cc1ccccc1)C(=O)CN(c1cccc(Cl)c1Cl)S(=O)(=O)c1ccc(C)cc1. The van der Waals surface area contributed by atoms with Crippen LogP contribution < -0.4 is 9.62 Å². The van der Waals surface area contributed by atoms with Gasteiger partial charge >= 0.3 is 0 Å². The Hall–Kier alpha value is -3.07. The van der Waals surface area contributed by atoms with E-state index >= 15 is 0 Å². The first-order chi connectivity index (χ1) is 18.4. The van der Waals surface area contributed by atoms with Gasteiger partial charge in [-0.15, -0.1) is 0 Å². The zero-order valence-corrected chi connectivity index (χ0v) is 24.7. The van der Waals surface area contributed by atoms with E-state index in [1.807, 2.05) is 51.1 Å². The predicted octanol–water partition coefficient (Wildman–Crippen LogP) is 5.83. The predicted molar refractivity (Wildman–Crippen MR) is 157 cm³/mol. The first-order valence-corrected chi connectivity index (χ1v) is 14.8. The highest BCUT2D eigenvalue weighted by Crippen LogP contribution is 2.35. The fourth-order valence-corrected chi connectivity index (χ4v) is 5.74. The van der Waals surface area contributed by atoms with Crippen molar-refractivity contribution >= 4 is 50.7 Å². The second kappa shape index (κ2) is 13.3. The van der Waals surface area contributed by atoms with Gasteiger partial charge in [-0.25, -0.2) is 8.42 Å². The molecule has 10 heteroatoms. The van der Waals surface area contributed by atoms with Crippen molar-refractivity contribution in [2.24, 2.45) is 0 Å². The zero-order chi connectivity index (χ0) is 28.7. The maximum atomic E-state index is 13.9. The largest absolute Gasteiger partial charge is 0.352 e. The number of nitrogens with one attached hydrogen (secondary N) is 1. The van der Waals surface area contributed by atoms with Crippen molar-refractivity contribution in [1.29, 1.82) is 0 Å². The molecule has 3 aromatic carbocycles. The number of rotatable bonds is 11. The molecule has 0 aromatic heterocycles. The van der Waals surface area contributed by atoms with Crippen molar-refractivity contribution in [3.8, 4) is 0 Å². The molecule has 0 saturated carbocycles. The van der Waals surface area contributed by atoms with Crippen LogP contribution in [0.15, 0.2) is 77.7 Å².